The lowest BCUT2D eigenvalue weighted by Crippen LogP contribution is -2.25. The molecule has 0 heterocycles. The van der Waals surface area contributed by atoms with Gasteiger partial charge in [-0.05, 0) is 80.5 Å². The largest absolute Gasteiger partial charge is 0.416 e. The molecule has 0 unspecified atom stereocenters. The summed E-state index contributed by atoms with van der Waals surface area (Å²) in [5, 5.41) is 0. The Morgan fingerprint density at radius 2 is 1.35 bits per heavy atom. The van der Waals surface area contributed by atoms with E-state index in [0.29, 0.717) is 11.5 Å². The van der Waals surface area contributed by atoms with Crippen LogP contribution in [-0.4, -0.2) is 0 Å². The minimum Gasteiger partial charge on any atom is -0.166 e. The van der Waals surface area contributed by atoms with Crippen molar-refractivity contribution in [1.29, 1.82) is 0 Å². The van der Waals surface area contributed by atoms with E-state index in [9.17, 15) is 13.2 Å². The van der Waals surface area contributed by atoms with Crippen molar-refractivity contribution in [3.63, 3.8) is 0 Å². The van der Waals surface area contributed by atoms with Crippen LogP contribution in [0.25, 0.3) is 0 Å². The van der Waals surface area contributed by atoms with Crippen LogP contribution in [0.4, 0.5) is 13.2 Å². The molecule has 2 fully saturated rings. The van der Waals surface area contributed by atoms with Gasteiger partial charge in [-0.3, -0.25) is 0 Å². The highest BCUT2D eigenvalue weighted by Crippen LogP contribution is 2.42. The molecule has 2 aliphatic carbocycles. The summed E-state index contributed by atoms with van der Waals surface area (Å²) in [7, 11) is 0. The molecule has 0 bridgehead atoms. The topological polar surface area (TPSA) is 0 Å². The molecule has 0 spiro atoms. The number of unbranched alkanes of at least 4 members (excludes halogenated alkanes) is 4. The van der Waals surface area contributed by atoms with Gasteiger partial charge in [-0.1, -0.05) is 70.1 Å². The van der Waals surface area contributed by atoms with E-state index in [1.54, 1.807) is 0 Å². The summed E-state index contributed by atoms with van der Waals surface area (Å²) in [6.07, 6.45) is 14.7. The molecule has 0 amide bonds. The SMILES string of the molecule is CCCCCCC[C@H]1CC[C@H](C2CCC(C#Cc3ccc(C(F)(F)F)cc3)CC2)CC1. The Hall–Kier alpha value is -1.43. The van der Waals surface area contributed by atoms with Crippen LogP contribution in [0.3, 0.4) is 0 Å². The fourth-order valence-corrected chi connectivity index (χ4v) is 5.65. The molecular weight excluding hydrogens is 393 g/mol. The fourth-order valence-electron chi connectivity index (χ4n) is 5.65. The third-order valence-corrected chi connectivity index (χ3v) is 7.68. The van der Waals surface area contributed by atoms with E-state index in [4.69, 9.17) is 0 Å². The zero-order valence-electron chi connectivity index (χ0n) is 19.2. The molecule has 0 atom stereocenters. The quantitative estimate of drug-likeness (QED) is 0.298. The molecule has 1 aromatic carbocycles. The van der Waals surface area contributed by atoms with Crippen molar-refractivity contribution in [2.75, 3.05) is 0 Å². The molecule has 3 rings (SSSR count). The first-order chi connectivity index (χ1) is 15.0. The first-order valence-corrected chi connectivity index (χ1v) is 12.6. The molecular formula is C28H39F3. The number of alkyl halides is 3. The zero-order chi connectivity index (χ0) is 22.1. The molecule has 3 heteroatoms. The van der Waals surface area contributed by atoms with Crippen molar-refractivity contribution < 1.29 is 13.2 Å². The highest BCUT2D eigenvalue weighted by molar-refractivity contribution is 5.37. The van der Waals surface area contributed by atoms with Gasteiger partial charge in [-0.2, -0.15) is 13.2 Å². The molecule has 2 saturated carbocycles. The van der Waals surface area contributed by atoms with Crippen LogP contribution >= 0.6 is 0 Å². The Morgan fingerprint density at radius 1 is 0.774 bits per heavy atom. The fraction of sp³-hybridized carbons (Fsp3) is 0.714. The maximum atomic E-state index is 12.7. The Morgan fingerprint density at radius 3 is 1.94 bits per heavy atom. The van der Waals surface area contributed by atoms with Crippen LogP contribution in [-0.2, 0) is 6.18 Å². The zero-order valence-corrected chi connectivity index (χ0v) is 19.2. The van der Waals surface area contributed by atoms with Gasteiger partial charge in [0, 0.05) is 11.5 Å². The lowest BCUT2D eigenvalue weighted by atomic mass is 9.69. The van der Waals surface area contributed by atoms with Crippen LogP contribution in [0.2, 0.25) is 0 Å². The van der Waals surface area contributed by atoms with E-state index in [1.807, 2.05) is 0 Å². The standard InChI is InChI=1S/C28H39F3/c1-2-3-4-5-6-7-22-10-16-25(17-11-22)26-18-12-23(13-19-26)8-9-24-14-20-27(21-15-24)28(29,30)31/h14-15,20-23,25-26H,2-7,10-13,16-19H2,1H3/t22-,23?,25-,26?. The van der Waals surface area contributed by atoms with Crippen LogP contribution in [0.1, 0.15) is 108 Å². The Balaban J connectivity index is 1.36. The number of rotatable bonds is 7. The third kappa shape index (κ3) is 7.89. The van der Waals surface area contributed by atoms with E-state index in [2.05, 4.69) is 18.8 Å². The van der Waals surface area contributed by atoms with Gasteiger partial charge in [0.1, 0.15) is 0 Å². The van der Waals surface area contributed by atoms with Gasteiger partial charge < -0.3 is 0 Å². The van der Waals surface area contributed by atoms with Gasteiger partial charge in [0.15, 0.2) is 0 Å². The Kier molecular flexibility index (Phi) is 9.36. The Bertz CT molecular complexity index is 691. The van der Waals surface area contributed by atoms with E-state index in [-0.39, 0.29) is 0 Å². The van der Waals surface area contributed by atoms with Gasteiger partial charge in [-0.15, -0.1) is 0 Å². The van der Waals surface area contributed by atoms with Gasteiger partial charge in [-0.25, -0.2) is 0 Å². The maximum absolute atomic E-state index is 12.7. The lowest BCUT2D eigenvalue weighted by molar-refractivity contribution is -0.137. The Labute approximate surface area is 187 Å². The summed E-state index contributed by atoms with van der Waals surface area (Å²) in [6.45, 7) is 2.28. The predicted octanol–water partition coefficient (Wildman–Crippen LogP) is 9.03. The van der Waals surface area contributed by atoms with Crippen molar-refractivity contribution in [2.45, 2.75) is 103 Å². The monoisotopic (exact) mass is 432 g/mol. The molecule has 0 aliphatic heterocycles. The van der Waals surface area contributed by atoms with Crippen LogP contribution in [0.15, 0.2) is 24.3 Å². The molecule has 0 saturated heterocycles. The average molecular weight is 433 g/mol. The summed E-state index contributed by atoms with van der Waals surface area (Å²) in [6, 6.07) is 5.23. The molecule has 2 aliphatic rings. The van der Waals surface area contributed by atoms with Crippen molar-refractivity contribution >= 4 is 0 Å². The molecule has 0 aromatic heterocycles. The summed E-state index contributed by atoms with van der Waals surface area (Å²) >= 11 is 0. The summed E-state index contributed by atoms with van der Waals surface area (Å²) in [5.74, 6) is 9.60. The van der Waals surface area contributed by atoms with Gasteiger partial charge >= 0.3 is 6.18 Å². The number of benzene rings is 1. The van der Waals surface area contributed by atoms with E-state index in [1.165, 1.54) is 89.2 Å². The molecule has 172 valence electrons. The maximum Gasteiger partial charge on any atom is 0.416 e. The summed E-state index contributed by atoms with van der Waals surface area (Å²) in [4.78, 5) is 0. The second-order valence-electron chi connectivity index (χ2n) is 9.94. The number of hydrogen-bond acceptors (Lipinski definition) is 0. The van der Waals surface area contributed by atoms with Crippen LogP contribution in [0.5, 0.6) is 0 Å². The normalized spacial score (nSPS) is 26.8. The van der Waals surface area contributed by atoms with Crippen LogP contribution < -0.4 is 0 Å². The smallest absolute Gasteiger partial charge is 0.166 e. The first-order valence-electron chi connectivity index (χ1n) is 12.6. The van der Waals surface area contributed by atoms with Gasteiger partial charge in [0.2, 0.25) is 0 Å². The number of hydrogen-bond donors (Lipinski definition) is 0. The van der Waals surface area contributed by atoms with Crippen LogP contribution in [0, 0.1) is 35.5 Å². The van der Waals surface area contributed by atoms with E-state index in [0.717, 1.165) is 42.7 Å². The average Bonchev–Trinajstić information content (AvgIpc) is 2.78. The highest BCUT2D eigenvalue weighted by atomic mass is 19.4. The van der Waals surface area contributed by atoms with Gasteiger partial charge in [0.25, 0.3) is 0 Å². The van der Waals surface area contributed by atoms with Crippen molar-refractivity contribution in [1.82, 2.24) is 0 Å². The minimum absolute atomic E-state index is 0.401. The van der Waals surface area contributed by atoms with E-state index >= 15 is 0 Å². The highest BCUT2D eigenvalue weighted by Gasteiger charge is 2.31. The molecule has 31 heavy (non-hydrogen) atoms. The third-order valence-electron chi connectivity index (χ3n) is 7.68. The number of halogens is 3. The van der Waals surface area contributed by atoms with Crippen molar-refractivity contribution in [3.8, 4) is 11.8 Å². The lowest BCUT2D eigenvalue weighted by Gasteiger charge is -2.37. The molecule has 0 N–H and O–H groups in total. The second kappa shape index (κ2) is 12.0. The summed E-state index contributed by atoms with van der Waals surface area (Å²) in [5.41, 5.74) is 0.0768. The van der Waals surface area contributed by atoms with Gasteiger partial charge in [0.05, 0.1) is 5.56 Å². The van der Waals surface area contributed by atoms with E-state index < -0.39 is 11.7 Å². The minimum atomic E-state index is -4.28. The first kappa shape index (κ1) is 24.2. The predicted molar refractivity (Wildman–Crippen MR) is 123 cm³/mol. The molecule has 0 radical (unpaired) electrons. The molecule has 0 nitrogen and oxygen atoms in total. The molecule has 1 aromatic rings. The van der Waals surface area contributed by atoms with Crippen molar-refractivity contribution in [2.24, 2.45) is 23.7 Å². The summed E-state index contributed by atoms with van der Waals surface area (Å²) < 4.78 is 38.0. The second-order valence-corrected chi connectivity index (χ2v) is 9.94. The van der Waals surface area contributed by atoms with Crippen molar-refractivity contribution in [3.05, 3.63) is 35.4 Å².